The first-order valence-corrected chi connectivity index (χ1v) is 6.68. The van der Waals surface area contributed by atoms with Gasteiger partial charge in [0, 0.05) is 11.2 Å². The van der Waals surface area contributed by atoms with Gasteiger partial charge in [-0.1, -0.05) is 0 Å². The average Bonchev–Trinajstić information content (AvgIpc) is 2.13. The lowest BCUT2D eigenvalue weighted by Crippen LogP contribution is -2.40. The molecule has 0 heterocycles. The van der Waals surface area contributed by atoms with Crippen molar-refractivity contribution in [3.63, 3.8) is 0 Å². The van der Waals surface area contributed by atoms with Gasteiger partial charge in [0.2, 0.25) is 10.0 Å². The van der Waals surface area contributed by atoms with Crippen LogP contribution in [0.5, 0.6) is 0 Å². The standard InChI is InChI=1S/C11H16N2O4S/c1-11(2,3)13-18(16,17)7-4-5-9(12)8(6-7)10(14)15/h4-6,13H,12H2,1-3H3,(H,14,15). The molecule has 1 aromatic carbocycles. The van der Waals surface area contributed by atoms with Crippen molar-refractivity contribution in [1.29, 1.82) is 0 Å². The first kappa shape index (κ1) is 14.5. The number of carbonyl (C=O) groups is 1. The van der Waals surface area contributed by atoms with Gasteiger partial charge in [-0.25, -0.2) is 17.9 Å². The number of hydrogen-bond donors (Lipinski definition) is 3. The second-order valence-electron chi connectivity index (χ2n) is 4.91. The Kier molecular flexibility index (Phi) is 3.68. The first-order chi connectivity index (χ1) is 8.03. The second kappa shape index (κ2) is 4.58. The smallest absolute Gasteiger partial charge is 0.337 e. The van der Waals surface area contributed by atoms with Gasteiger partial charge in [0.15, 0.2) is 0 Å². The van der Waals surface area contributed by atoms with Gasteiger partial charge in [-0.15, -0.1) is 0 Å². The van der Waals surface area contributed by atoms with E-state index in [0.29, 0.717) is 0 Å². The number of carboxylic acid groups (broad SMARTS) is 1. The molecule has 0 aliphatic heterocycles. The van der Waals surface area contributed by atoms with Gasteiger partial charge in [0.05, 0.1) is 10.5 Å². The zero-order valence-corrected chi connectivity index (χ0v) is 11.2. The molecule has 4 N–H and O–H groups in total. The number of hydrogen-bond acceptors (Lipinski definition) is 4. The third-order valence-corrected chi connectivity index (χ3v) is 3.76. The molecule has 7 heteroatoms. The number of benzene rings is 1. The number of sulfonamides is 1. The molecule has 0 atom stereocenters. The Labute approximate surface area is 106 Å². The molecule has 0 amide bonds. The molecule has 0 spiro atoms. The van der Waals surface area contributed by atoms with Crippen LogP contribution in [0.1, 0.15) is 31.1 Å². The summed E-state index contributed by atoms with van der Waals surface area (Å²) in [5, 5.41) is 8.89. The fourth-order valence-electron chi connectivity index (χ4n) is 1.35. The molecular formula is C11H16N2O4S. The maximum atomic E-state index is 12.0. The number of nitrogen functional groups attached to an aromatic ring is 1. The monoisotopic (exact) mass is 272 g/mol. The van der Waals surface area contributed by atoms with Gasteiger partial charge < -0.3 is 10.8 Å². The van der Waals surface area contributed by atoms with Crippen LogP contribution < -0.4 is 10.5 Å². The summed E-state index contributed by atoms with van der Waals surface area (Å²) < 4.78 is 26.4. The zero-order chi connectivity index (χ0) is 14.1. The van der Waals surface area contributed by atoms with E-state index >= 15 is 0 Å². The maximum Gasteiger partial charge on any atom is 0.337 e. The highest BCUT2D eigenvalue weighted by molar-refractivity contribution is 7.89. The lowest BCUT2D eigenvalue weighted by Gasteiger charge is -2.20. The molecule has 1 rings (SSSR count). The van der Waals surface area contributed by atoms with Crippen molar-refractivity contribution in [3.05, 3.63) is 23.8 Å². The Hall–Kier alpha value is -1.60. The SMILES string of the molecule is CC(C)(C)NS(=O)(=O)c1ccc(N)c(C(=O)O)c1. The molecule has 0 aliphatic carbocycles. The topological polar surface area (TPSA) is 109 Å². The number of nitrogens with two attached hydrogens (primary N) is 1. The summed E-state index contributed by atoms with van der Waals surface area (Å²) in [5.74, 6) is -1.26. The van der Waals surface area contributed by atoms with Crippen molar-refractivity contribution >= 4 is 21.7 Å². The van der Waals surface area contributed by atoms with Gasteiger partial charge in [-0.2, -0.15) is 0 Å². The fourth-order valence-corrected chi connectivity index (χ4v) is 2.79. The van der Waals surface area contributed by atoms with Crippen molar-refractivity contribution in [3.8, 4) is 0 Å². The molecule has 0 aromatic heterocycles. The Balaban J connectivity index is 3.27. The van der Waals surface area contributed by atoms with E-state index in [4.69, 9.17) is 10.8 Å². The van der Waals surface area contributed by atoms with Crippen LogP contribution in [-0.4, -0.2) is 25.0 Å². The Morgan fingerprint density at radius 3 is 2.33 bits per heavy atom. The summed E-state index contributed by atoms with van der Waals surface area (Å²) in [7, 11) is -3.76. The number of rotatable bonds is 3. The predicted octanol–water partition coefficient (Wildman–Crippen LogP) is 1.04. The molecule has 100 valence electrons. The van der Waals surface area contributed by atoms with E-state index in [2.05, 4.69) is 4.72 Å². The Morgan fingerprint density at radius 1 is 1.33 bits per heavy atom. The van der Waals surface area contributed by atoms with Gasteiger partial charge in [0.25, 0.3) is 0 Å². The lowest BCUT2D eigenvalue weighted by atomic mass is 10.1. The van der Waals surface area contributed by atoms with Gasteiger partial charge >= 0.3 is 5.97 Å². The predicted molar refractivity (Wildman–Crippen MR) is 67.9 cm³/mol. The molecule has 0 saturated heterocycles. The minimum absolute atomic E-state index is 0.0252. The second-order valence-corrected chi connectivity index (χ2v) is 6.59. The van der Waals surface area contributed by atoms with Gasteiger partial charge in [-0.05, 0) is 39.0 Å². The van der Waals surface area contributed by atoms with Gasteiger partial charge in [-0.3, -0.25) is 0 Å². The minimum Gasteiger partial charge on any atom is -0.478 e. The Morgan fingerprint density at radius 2 is 1.89 bits per heavy atom. The first-order valence-electron chi connectivity index (χ1n) is 5.20. The van der Waals surface area contributed by atoms with E-state index in [-0.39, 0.29) is 16.1 Å². The molecule has 1 aromatic rings. The quantitative estimate of drug-likeness (QED) is 0.712. The van der Waals surface area contributed by atoms with Crippen LogP contribution in [0.3, 0.4) is 0 Å². The Bertz CT molecular complexity index is 573. The molecule has 6 nitrogen and oxygen atoms in total. The van der Waals surface area contributed by atoms with Crippen LogP contribution in [0.4, 0.5) is 5.69 Å². The van der Waals surface area contributed by atoms with E-state index in [0.717, 1.165) is 6.07 Å². The molecule has 18 heavy (non-hydrogen) atoms. The lowest BCUT2D eigenvalue weighted by molar-refractivity contribution is 0.0698. The number of anilines is 1. The summed E-state index contributed by atoms with van der Waals surface area (Å²) >= 11 is 0. The summed E-state index contributed by atoms with van der Waals surface area (Å²) in [6, 6.07) is 3.59. The van der Waals surface area contributed by atoms with E-state index in [1.165, 1.54) is 12.1 Å². The van der Waals surface area contributed by atoms with Crippen LogP contribution in [0.2, 0.25) is 0 Å². The number of nitrogens with one attached hydrogen (secondary N) is 1. The van der Waals surface area contributed by atoms with Crippen LogP contribution >= 0.6 is 0 Å². The fraction of sp³-hybridized carbons (Fsp3) is 0.364. The van der Waals surface area contributed by atoms with Gasteiger partial charge in [0.1, 0.15) is 0 Å². The molecule has 0 saturated carbocycles. The molecule has 0 aliphatic rings. The number of carboxylic acids is 1. The van der Waals surface area contributed by atoms with Crippen molar-refractivity contribution in [1.82, 2.24) is 4.72 Å². The van der Waals surface area contributed by atoms with Crippen molar-refractivity contribution in [2.24, 2.45) is 0 Å². The zero-order valence-electron chi connectivity index (χ0n) is 10.4. The highest BCUT2D eigenvalue weighted by atomic mass is 32.2. The van der Waals surface area contributed by atoms with Crippen molar-refractivity contribution in [2.45, 2.75) is 31.2 Å². The largest absolute Gasteiger partial charge is 0.478 e. The summed E-state index contributed by atoms with van der Waals surface area (Å²) in [4.78, 5) is 10.8. The van der Waals surface area contributed by atoms with Crippen LogP contribution in [-0.2, 0) is 10.0 Å². The normalized spacial score (nSPS) is 12.4. The summed E-state index contributed by atoms with van der Waals surface area (Å²) in [5.41, 5.74) is 4.61. The van der Waals surface area contributed by atoms with E-state index in [1.807, 2.05) is 0 Å². The molecule has 0 unspecified atom stereocenters. The van der Waals surface area contributed by atoms with E-state index in [1.54, 1.807) is 20.8 Å². The third kappa shape index (κ3) is 3.44. The average molecular weight is 272 g/mol. The van der Waals surface area contributed by atoms with Crippen molar-refractivity contribution < 1.29 is 18.3 Å². The molecule has 0 bridgehead atoms. The minimum atomic E-state index is -3.76. The molecule has 0 radical (unpaired) electrons. The van der Waals surface area contributed by atoms with Crippen molar-refractivity contribution in [2.75, 3.05) is 5.73 Å². The number of aromatic carboxylic acids is 1. The molecular weight excluding hydrogens is 256 g/mol. The maximum absolute atomic E-state index is 12.0. The summed E-state index contributed by atoms with van der Waals surface area (Å²) in [6.07, 6.45) is 0. The van der Waals surface area contributed by atoms with Crippen LogP contribution in [0, 0.1) is 0 Å². The molecule has 0 fully saturated rings. The van der Waals surface area contributed by atoms with E-state index < -0.39 is 21.5 Å². The highest BCUT2D eigenvalue weighted by Gasteiger charge is 2.23. The van der Waals surface area contributed by atoms with Crippen LogP contribution in [0.25, 0.3) is 0 Å². The van der Waals surface area contributed by atoms with E-state index in [9.17, 15) is 13.2 Å². The third-order valence-electron chi connectivity index (χ3n) is 2.01. The highest BCUT2D eigenvalue weighted by Crippen LogP contribution is 2.19. The van der Waals surface area contributed by atoms with Crippen LogP contribution in [0.15, 0.2) is 23.1 Å². The summed E-state index contributed by atoms with van der Waals surface area (Å²) in [6.45, 7) is 5.08.